The van der Waals surface area contributed by atoms with E-state index in [1.165, 1.54) is 6.42 Å². The van der Waals surface area contributed by atoms with E-state index < -0.39 is 6.09 Å². The summed E-state index contributed by atoms with van der Waals surface area (Å²) < 4.78 is 4.59. The second-order valence-electron chi connectivity index (χ2n) is 3.99. The number of nitrogens with one attached hydrogen (secondary N) is 1. The average Bonchev–Trinajstić information content (AvgIpc) is 2.08. The minimum absolute atomic E-state index is 0.349. The summed E-state index contributed by atoms with van der Waals surface area (Å²) >= 11 is 0. The third-order valence-corrected chi connectivity index (χ3v) is 2.02. The zero-order valence-corrected chi connectivity index (χ0v) is 9.38. The maximum absolute atomic E-state index is 10.2. The van der Waals surface area contributed by atoms with E-state index in [1.54, 1.807) is 0 Å². The Bertz CT molecular complexity index is 160. The predicted molar refractivity (Wildman–Crippen MR) is 57.1 cm³/mol. The Morgan fingerprint density at radius 3 is 2.50 bits per heavy atom. The number of hydrogen-bond donors (Lipinski definition) is 2. The lowest BCUT2D eigenvalue weighted by Gasteiger charge is -2.14. The van der Waals surface area contributed by atoms with Gasteiger partial charge in [-0.15, -0.1) is 0 Å². The number of hydrogen-bond acceptors (Lipinski definition) is 3. The monoisotopic (exact) mass is 202 g/mol. The highest BCUT2D eigenvalue weighted by Gasteiger charge is 2.02. The molecule has 1 unspecified atom stereocenters. The van der Waals surface area contributed by atoms with Crippen LogP contribution in [-0.2, 0) is 4.74 Å². The van der Waals surface area contributed by atoms with E-state index in [0.717, 1.165) is 12.3 Å². The smallest absolute Gasteiger partial charge is 0.404 e. The van der Waals surface area contributed by atoms with Crippen LogP contribution in [0.4, 0.5) is 4.79 Å². The Morgan fingerprint density at radius 1 is 1.36 bits per heavy atom. The van der Waals surface area contributed by atoms with Crippen molar-refractivity contribution in [2.24, 2.45) is 11.7 Å². The first-order valence-corrected chi connectivity index (χ1v) is 5.18. The van der Waals surface area contributed by atoms with Crippen LogP contribution >= 0.6 is 0 Å². The van der Waals surface area contributed by atoms with Gasteiger partial charge in [-0.25, -0.2) is 4.79 Å². The minimum Gasteiger partial charge on any atom is -0.448 e. The second kappa shape index (κ2) is 7.62. The molecule has 4 heteroatoms. The molecule has 0 aromatic heterocycles. The number of carbonyl (C=O) groups is 1. The molecule has 0 spiro atoms. The van der Waals surface area contributed by atoms with Crippen molar-refractivity contribution in [1.82, 2.24) is 5.32 Å². The topological polar surface area (TPSA) is 64.3 Å². The summed E-state index contributed by atoms with van der Waals surface area (Å²) in [7, 11) is 0. The van der Waals surface area contributed by atoms with Gasteiger partial charge in [0.1, 0.15) is 6.61 Å². The second-order valence-corrected chi connectivity index (χ2v) is 3.99. The van der Waals surface area contributed by atoms with Crippen molar-refractivity contribution in [3.8, 4) is 0 Å². The first-order valence-electron chi connectivity index (χ1n) is 5.18. The van der Waals surface area contributed by atoms with Crippen molar-refractivity contribution in [3.63, 3.8) is 0 Å². The number of nitrogens with two attached hydrogens (primary N) is 1. The average molecular weight is 202 g/mol. The quantitative estimate of drug-likeness (QED) is 0.615. The minimum atomic E-state index is -0.707. The van der Waals surface area contributed by atoms with Crippen molar-refractivity contribution < 1.29 is 9.53 Å². The third-order valence-electron chi connectivity index (χ3n) is 2.02. The fourth-order valence-electron chi connectivity index (χ4n) is 1.14. The number of ether oxygens (including phenoxy) is 1. The van der Waals surface area contributed by atoms with Crippen LogP contribution in [0.2, 0.25) is 0 Å². The Hall–Kier alpha value is -0.770. The zero-order valence-electron chi connectivity index (χ0n) is 9.38. The lowest BCUT2D eigenvalue weighted by Crippen LogP contribution is -2.31. The summed E-state index contributed by atoms with van der Waals surface area (Å²) in [6, 6.07) is 0.467. The molecule has 0 radical (unpaired) electrons. The lowest BCUT2D eigenvalue weighted by molar-refractivity contribution is 0.156. The molecular formula is C10H22N2O2. The molecule has 0 saturated heterocycles. The zero-order chi connectivity index (χ0) is 11.0. The van der Waals surface area contributed by atoms with Gasteiger partial charge in [0.05, 0.1) is 0 Å². The van der Waals surface area contributed by atoms with E-state index in [4.69, 9.17) is 5.73 Å². The van der Waals surface area contributed by atoms with Crippen LogP contribution in [0.25, 0.3) is 0 Å². The maximum Gasteiger partial charge on any atom is 0.404 e. The molecule has 3 N–H and O–H groups in total. The van der Waals surface area contributed by atoms with Crippen LogP contribution in [0.3, 0.4) is 0 Å². The van der Waals surface area contributed by atoms with Crippen LogP contribution in [0.15, 0.2) is 0 Å². The summed E-state index contributed by atoms with van der Waals surface area (Å²) in [6.45, 7) is 7.57. The van der Waals surface area contributed by atoms with Gasteiger partial charge < -0.3 is 15.8 Å². The predicted octanol–water partition coefficient (Wildman–Crippen LogP) is 1.50. The SMILES string of the molecule is CC(C)CCC(C)NCCOC(N)=O. The Labute approximate surface area is 86.2 Å². The van der Waals surface area contributed by atoms with Crippen molar-refractivity contribution in [1.29, 1.82) is 0 Å². The standard InChI is InChI=1S/C10H22N2O2/c1-8(2)4-5-9(3)12-6-7-14-10(11)13/h8-9,12H,4-7H2,1-3H3,(H2,11,13). The van der Waals surface area contributed by atoms with Gasteiger partial charge in [-0.05, 0) is 25.7 Å². The maximum atomic E-state index is 10.2. The lowest BCUT2D eigenvalue weighted by atomic mass is 10.0. The molecule has 0 bridgehead atoms. The summed E-state index contributed by atoms with van der Waals surface area (Å²) in [4.78, 5) is 10.2. The normalized spacial score (nSPS) is 12.9. The highest BCUT2D eigenvalue weighted by molar-refractivity contribution is 5.64. The number of rotatable bonds is 7. The van der Waals surface area contributed by atoms with Gasteiger partial charge in [0.25, 0.3) is 0 Å². The van der Waals surface area contributed by atoms with Crippen LogP contribution in [0.5, 0.6) is 0 Å². The van der Waals surface area contributed by atoms with E-state index in [-0.39, 0.29) is 0 Å². The van der Waals surface area contributed by atoms with E-state index in [2.05, 4.69) is 30.8 Å². The van der Waals surface area contributed by atoms with Gasteiger partial charge in [-0.1, -0.05) is 13.8 Å². The number of carbonyl (C=O) groups excluding carboxylic acids is 1. The molecule has 0 aromatic rings. The first-order chi connectivity index (χ1) is 6.52. The molecule has 0 aromatic carbocycles. The van der Waals surface area contributed by atoms with Crippen LogP contribution < -0.4 is 11.1 Å². The molecule has 4 nitrogen and oxygen atoms in total. The van der Waals surface area contributed by atoms with Crippen molar-refractivity contribution in [2.45, 2.75) is 39.7 Å². The summed E-state index contributed by atoms with van der Waals surface area (Å²) in [5, 5.41) is 3.26. The van der Waals surface area contributed by atoms with Gasteiger partial charge in [-0.2, -0.15) is 0 Å². The van der Waals surface area contributed by atoms with E-state index in [9.17, 15) is 4.79 Å². The van der Waals surface area contributed by atoms with Gasteiger partial charge in [-0.3, -0.25) is 0 Å². The molecule has 0 aliphatic heterocycles. The molecule has 0 aliphatic rings. The van der Waals surface area contributed by atoms with Crippen molar-refractivity contribution in [2.75, 3.05) is 13.2 Å². The fraction of sp³-hybridized carbons (Fsp3) is 0.900. The Balaban J connectivity index is 3.26. The number of amides is 1. The largest absolute Gasteiger partial charge is 0.448 e. The van der Waals surface area contributed by atoms with Gasteiger partial charge in [0.2, 0.25) is 0 Å². The third kappa shape index (κ3) is 9.32. The molecule has 0 fully saturated rings. The molecule has 0 rings (SSSR count). The van der Waals surface area contributed by atoms with Gasteiger partial charge >= 0.3 is 6.09 Å². The molecule has 0 heterocycles. The van der Waals surface area contributed by atoms with Crippen LogP contribution in [-0.4, -0.2) is 25.3 Å². The molecule has 1 atom stereocenters. The molecule has 84 valence electrons. The van der Waals surface area contributed by atoms with Crippen molar-refractivity contribution in [3.05, 3.63) is 0 Å². The van der Waals surface area contributed by atoms with E-state index >= 15 is 0 Å². The molecular weight excluding hydrogens is 180 g/mol. The van der Waals surface area contributed by atoms with Gasteiger partial charge in [0.15, 0.2) is 0 Å². The highest BCUT2D eigenvalue weighted by atomic mass is 16.5. The summed E-state index contributed by atoms with van der Waals surface area (Å²) in [5.74, 6) is 0.737. The van der Waals surface area contributed by atoms with Crippen molar-refractivity contribution >= 4 is 6.09 Å². The van der Waals surface area contributed by atoms with Gasteiger partial charge in [0, 0.05) is 12.6 Å². The Kier molecular flexibility index (Phi) is 7.20. The summed E-state index contributed by atoms with van der Waals surface area (Å²) in [6.07, 6.45) is 1.65. The van der Waals surface area contributed by atoms with Crippen LogP contribution in [0.1, 0.15) is 33.6 Å². The molecule has 1 amide bonds. The number of primary amides is 1. The Morgan fingerprint density at radius 2 is 2.00 bits per heavy atom. The van der Waals surface area contributed by atoms with E-state index in [1.807, 2.05) is 0 Å². The molecule has 14 heavy (non-hydrogen) atoms. The fourth-order valence-corrected chi connectivity index (χ4v) is 1.14. The van der Waals surface area contributed by atoms with E-state index in [0.29, 0.717) is 19.2 Å². The summed E-state index contributed by atoms with van der Waals surface area (Å²) in [5.41, 5.74) is 4.82. The van der Waals surface area contributed by atoms with Crippen LogP contribution in [0, 0.1) is 5.92 Å². The molecule has 0 aliphatic carbocycles. The first kappa shape index (κ1) is 13.2. The highest BCUT2D eigenvalue weighted by Crippen LogP contribution is 2.05. The molecule has 0 saturated carbocycles.